The summed E-state index contributed by atoms with van der Waals surface area (Å²) in [5.74, 6) is 1.20. The lowest BCUT2D eigenvalue weighted by Gasteiger charge is -2.34. The van der Waals surface area contributed by atoms with Crippen molar-refractivity contribution in [2.75, 3.05) is 46.4 Å². The van der Waals surface area contributed by atoms with Crippen molar-refractivity contribution in [3.63, 3.8) is 0 Å². The van der Waals surface area contributed by atoms with Crippen LogP contribution in [0.4, 0.5) is 4.79 Å². The second kappa shape index (κ2) is 11.2. The molecule has 7 nitrogen and oxygen atoms in total. The minimum absolute atomic E-state index is 0.212. The van der Waals surface area contributed by atoms with E-state index in [0.717, 1.165) is 64.6 Å². The van der Waals surface area contributed by atoms with Gasteiger partial charge in [-0.15, -0.1) is 0 Å². The van der Waals surface area contributed by atoms with Gasteiger partial charge < -0.3 is 25.0 Å². The number of rotatable bonds is 7. The number of guanidine groups is 1. The molecule has 25 heavy (non-hydrogen) atoms. The zero-order chi connectivity index (χ0) is 18.7. The fourth-order valence-corrected chi connectivity index (χ4v) is 2.71. The molecule has 7 heteroatoms. The summed E-state index contributed by atoms with van der Waals surface area (Å²) in [6.07, 6.45) is 2.85. The van der Waals surface area contributed by atoms with Crippen molar-refractivity contribution < 1.29 is 14.3 Å². The Labute approximate surface area is 152 Å². The molecule has 1 amide bonds. The Balaban J connectivity index is 2.32. The van der Waals surface area contributed by atoms with Gasteiger partial charge in [-0.2, -0.15) is 0 Å². The molecule has 146 valence electrons. The van der Waals surface area contributed by atoms with E-state index in [1.807, 2.05) is 32.6 Å². The summed E-state index contributed by atoms with van der Waals surface area (Å²) in [5, 5.41) is 6.64. The maximum atomic E-state index is 12.2. The van der Waals surface area contributed by atoms with Crippen LogP contribution >= 0.6 is 0 Å². The van der Waals surface area contributed by atoms with Crippen LogP contribution in [0.3, 0.4) is 0 Å². The normalized spacial score (nSPS) is 18.8. The molecule has 0 saturated carbocycles. The molecule has 0 aliphatic carbocycles. The summed E-state index contributed by atoms with van der Waals surface area (Å²) >= 11 is 0. The molecule has 1 heterocycles. The number of nitrogens with one attached hydrogen (secondary N) is 2. The maximum Gasteiger partial charge on any atom is 0.410 e. The van der Waals surface area contributed by atoms with E-state index >= 15 is 0 Å². The number of carbonyl (C=O) groups excluding carboxylic acids is 1. The molecule has 1 aliphatic rings. The first kappa shape index (κ1) is 21.5. The lowest BCUT2D eigenvalue weighted by Crippen LogP contribution is -2.47. The van der Waals surface area contributed by atoms with Crippen molar-refractivity contribution in [2.24, 2.45) is 10.9 Å². The quantitative estimate of drug-likeness (QED) is 0.416. The van der Waals surface area contributed by atoms with Crippen molar-refractivity contribution in [1.29, 1.82) is 0 Å². The fraction of sp³-hybridized carbons (Fsp3) is 0.889. The van der Waals surface area contributed by atoms with Crippen LogP contribution in [0.15, 0.2) is 4.99 Å². The molecule has 1 fully saturated rings. The smallest absolute Gasteiger partial charge is 0.410 e. The molecule has 1 aliphatic heterocycles. The Morgan fingerprint density at radius 1 is 1.32 bits per heavy atom. The number of carbonyl (C=O) groups is 1. The monoisotopic (exact) mass is 356 g/mol. The van der Waals surface area contributed by atoms with Crippen LogP contribution in [-0.2, 0) is 9.47 Å². The minimum atomic E-state index is -0.449. The maximum absolute atomic E-state index is 12.2. The highest BCUT2D eigenvalue weighted by Crippen LogP contribution is 2.18. The van der Waals surface area contributed by atoms with Gasteiger partial charge in [0.15, 0.2) is 5.96 Å². The number of likely N-dealkylation sites (tertiary alicyclic amines) is 1. The number of ether oxygens (including phenoxy) is 2. The lowest BCUT2D eigenvalue weighted by molar-refractivity contribution is 0.0168. The van der Waals surface area contributed by atoms with Gasteiger partial charge in [0, 0.05) is 46.4 Å². The number of nitrogens with zero attached hydrogens (tertiary/aromatic N) is 2. The minimum Gasteiger partial charge on any atom is -0.444 e. The number of hydrogen-bond acceptors (Lipinski definition) is 4. The second-order valence-corrected chi connectivity index (χ2v) is 7.36. The van der Waals surface area contributed by atoms with Crippen LogP contribution in [-0.4, -0.2) is 69.0 Å². The van der Waals surface area contributed by atoms with Gasteiger partial charge in [0.25, 0.3) is 0 Å². The molecule has 1 atom stereocenters. The van der Waals surface area contributed by atoms with Gasteiger partial charge in [-0.1, -0.05) is 0 Å². The van der Waals surface area contributed by atoms with Gasteiger partial charge in [-0.25, -0.2) is 4.79 Å². The van der Waals surface area contributed by atoms with E-state index in [0.29, 0.717) is 5.92 Å². The fourth-order valence-electron chi connectivity index (χ4n) is 2.71. The van der Waals surface area contributed by atoms with E-state index in [2.05, 4.69) is 15.6 Å². The zero-order valence-electron chi connectivity index (χ0n) is 16.6. The van der Waals surface area contributed by atoms with Gasteiger partial charge in [0.2, 0.25) is 0 Å². The Morgan fingerprint density at radius 3 is 2.72 bits per heavy atom. The first-order valence-corrected chi connectivity index (χ1v) is 9.36. The number of amides is 1. The predicted octanol–water partition coefficient (Wildman–Crippen LogP) is 2.23. The summed E-state index contributed by atoms with van der Waals surface area (Å²) in [5.41, 5.74) is -0.449. The largest absolute Gasteiger partial charge is 0.444 e. The van der Waals surface area contributed by atoms with Crippen molar-refractivity contribution in [1.82, 2.24) is 15.5 Å². The first-order valence-electron chi connectivity index (χ1n) is 9.36. The number of aliphatic imine (C=N–C) groups is 1. The summed E-state index contributed by atoms with van der Waals surface area (Å²) in [4.78, 5) is 18.3. The Kier molecular flexibility index (Phi) is 9.63. The average Bonchev–Trinajstić information content (AvgIpc) is 2.56. The van der Waals surface area contributed by atoms with Crippen LogP contribution < -0.4 is 10.6 Å². The summed E-state index contributed by atoms with van der Waals surface area (Å²) < 4.78 is 10.8. The van der Waals surface area contributed by atoms with Gasteiger partial charge in [-0.3, -0.25) is 4.99 Å². The number of piperidine rings is 1. The molecular weight excluding hydrogens is 320 g/mol. The third-order valence-electron chi connectivity index (χ3n) is 3.91. The molecule has 0 bridgehead atoms. The highest BCUT2D eigenvalue weighted by atomic mass is 16.6. The molecular formula is C18H36N4O3. The SMILES string of the molecule is CCOCCCNC(=NC)NCC1CCCN(C(=O)OC(C)(C)C)C1. The highest BCUT2D eigenvalue weighted by Gasteiger charge is 2.27. The van der Waals surface area contributed by atoms with Crippen LogP contribution in [0.25, 0.3) is 0 Å². The predicted molar refractivity (Wildman–Crippen MR) is 101 cm³/mol. The van der Waals surface area contributed by atoms with E-state index in [1.54, 1.807) is 7.05 Å². The van der Waals surface area contributed by atoms with Crippen molar-refractivity contribution in [2.45, 2.75) is 52.6 Å². The van der Waals surface area contributed by atoms with E-state index in [-0.39, 0.29) is 6.09 Å². The van der Waals surface area contributed by atoms with E-state index in [9.17, 15) is 4.79 Å². The van der Waals surface area contributed by atoms with Crippen LogP contribution in [0, 0.1) is 5.92 Å². The van der Waals surface area contributed by atoms with E-state index in [4.69, 9.17) is 9.47 Å². The zero-order valence-corrected chi connectivity index (χ0v) is 16.6. The molecule has 0 aromatic rings. The molecule has 1 unspecified atom stereocenters. The second-order valence-electron chi connectivity index (χ2n) is 7.36. The molecule has 1 saturated heterocycles. The van der Waals surface area contributed by atoms with Crippen molar-refractivity contribution in [3.8, 4) is 0 Å². The Morgan fingerprint density at radius 2 is 2.08 bits per heavy atom. The third-order valence-corrected chi connectivity index (χ3v) is 3.91. The summed E-state index contributed by atoms with van der Waals surface area (Å²) in [7, 11) is 1.77. The van der Waals surface area contributed by atoms with Crippen LogP contribution in [0.2, 0.25) is 0 Å². The summed E-state index contributed by atoms with van der Waals surface area (Å²) in [6.45, 7) is 12.3. The standard InChI is InChI=1S/C18H36N4O3/c1-6-24-12-8-10-20-16(19-5)21-13-15-9-7-11-22(14-15)17(23)25-18(2,3)4/h15H,6-14H2,1-5H3,(H2,19,20,21). The summed E-state index contributed by atoms with van der Waals surface area (Å²) in [6, 6.07) is 0. The Bertz CT molecular complexity index is 421. The highest BCUT2D eigenvalue weighted by molar-refractivity contribution is 5.79. The van der Waals surface area contributed by atoms with Gasteiger partial charge >= 0.3 is 6.09 Å². The van der Waals surface area contributed by atoms with Crippen molar-refractivity contribution >= 4 is 12.1 Å². The molecule has 2 N–H and O–H groups in total. The number of hydrogen-bond donors (Lipinski definition) is 2. The Hall–Kier alpha value is -1.50. The molecule has 1 rings (SSSR count). The topological polar surface area (TPSA) is 75.2 Å². The molecule has 0 aromatic heterocycles. The molecule has 0 aromatic carbocycles. The molecule has 0 spiro atoms. The van der Waals surface area contributed by atoms with Gasteiger partial charge in [-0.05, 0) is 52.9 Å². The third kappa shape index (κ3) is 9.53. The average molecular weight is 357 g/mol. The van der Waals surface area contributed by atoms with E-state index in [1.165, 1.54) is 0 Å². The van der Waals surface area contributed by atoms with Crippen molar-refractivity contribution in [3.05, 3.63) is 0 Å². The van der Waals surface area contributed by atoms with Crippen LogP contribution in [0.1, 0.15) is 47.0 Å². The molecule has 0 radical (unpaired) electrons. The van der Waals surface area contributed by atoms with Crippen LogP contribution in [0.5, 0.6) is 0 Å². The lowest BCUT2D eigenvalue weighted by atomic mass is 9.98. The van der Waals surface area contributed by atoms with Gasteiger partial charge in [0.1, 0.15) is 5.60 Å². The first-order chi connectivity index (χ1) is 11.9. The van der Waals surface area contributed by atoms with Gasteiger partial charge in [0.05, 0.1) is 0 Å². The van der Waals surface area contributed by atoms with E-state index < -0.39 is 5.60 Å².